The summed E-state index contributed by atoms with van der Waals surface area (Å²) in [6.45, 7) is 6.95. The van der Waals surface area contributed by atoms with Crippen LogP contribution in [0.2, 0.25) is 0 Å². The molecule has 1 spiro atoms. The number of piperidine rings is 1. The second-order valence-corrected chi connectivity index (χ2v) is 8.77. The van der Waals surface area contributed by atoms with Crippen LogP contribution in [-0.4, -0.2) is 65.0 Å². The van der Waals surface area contributed by atoms with Crippen LogP contribution in [0.3, 0.4) is 0 Å². The van der Waals surface area contributed by atoms with Crippen LogP contribution < -0.4 is 4.74 Å². The topological polar surface area (TPSA) is 53.1 Å². The second-order valence-electron chi connectivity index (χ2n) is 8.77. The van der Waals surface area contributed by atoms with Gasteiger partial charge in [-0.05, 0) is 63.1 Å². The Hall–Kier alpha value is -2.08. The van der Waals surface area contributed by atoms with Crippen molar-refractivity contribution in [1.82, 2.24) is 14.7 Å². The third-order valence-corrected chi connectivity index (χ3v) is 7.45. The highest BCUT2D eigenvalue weighted by Gasteiger charge is 2.57. The first-order valence-corrected chi connectivity index (χ1v) is 11.0. The Morgan fingerprint density at radius 1 is 1.21 bits per heavy atom. The van der Waals surface area contributed by atoms with Crippen molar-refractivity contribution < 1.29 is 14.3 Å². The highest BCUT2D eigenvalue weighted by Crippen LogP contribution is 2.40. The molecule has 1 aromatic rings. The molecule has 0 radical (unpaired) electrons. The van der Waals surface area contributed by atoms with Crippen LogP contribution >= 0.6 is 0 Å². The average molecular weight is 400 g/mol. The van der Waals surface area contributed by atoms with Crippen LogP contribution in [0.15, 0.2) is 24.3 Å². The summed E-state index contributed by atoms with van der Waals surface area (Å²) in [6.07, 6.45) is 5.47. The molecule has 0 unspecified atom stereocenters. The van der Waals surface area contributed by atoms with E-state index in [1.807, 2.05) is 36.1 Å². The molecule has 4 rings (SSSR count). The smallest absolute Gasteiger partial charge is 0.327 e. The van der Waals surface area contributed by atoms with E-state index in [1.54, 1.807) is 7.11 Å². The number of rotatable bonds is 6. The maximum Gasteiger partial charge on any atom is 0.327 e. The molecule has 3 amide bonds. The molecule has 0 bridgehead atoms. The number of likely N-dealkylation sites (N-methyl/N-ethyl adjacent to an activating group) is 1. The van der Waals surface area contributed by atoms with Gasteiger partial charge in [0.2, 0.25) is 0 Å². The van der Waals surface area contributed by atoms with E-state index in [1.165, 1.54) is 24.2 Å². The number of urea groups is 1. The van der Waals surface area contributed by atoms with Gasteiger partial charge < -0.3 is 14.5 Å². The molecule has 1 aromatic carbocycles. The largest absolute Gasteiger partial charge is 0.497 e. The van der Waals surface area contributed by atoms with Crippen molar-refractivity contribution in [3.8, 4) is 5.75 Å². The fourth-order valence-electron chi connectivity index (χ4n) is 5.32. The lowest BCUT2D eigenvalue weighted by molar-refractivity contribution is -0.136. The molecule has 2 aliphatic heterocycles. The number of benzene rings is 1. The molecular formula is C23H33N3O3. The van der Waals surface area contributed by atoms with Crippen molar-refractivity contribution in [2.24, 2.45) is 5.92 Å². The van der Waals surface area contributed by atoms with E-state index >= 15 is 0 Å². The molecule has 1 saturated carbocycles. The molecule has 3 fully saturated rings. The molecule has 3 aliphatic rings. The molecule has 158 valence electrons. The number of carbonyl (C=O) groups excluding carboxylic acids is 2. The van der Waals surface area contributed by atoms with E-state index in [2.05, 4.69) is 11.8 Å². The van der Waals surface area contributed by atoms with Crippen molar-refractivity contribution >= 4 is 11.9 Å². The zero-order valence-corrected chi connectivity index (χ0v) is 17.9. The zero-order valence-electron chi connectivity index (χ0n) is 17.9. The predicted molar refractivity (Wildman–Crippen MR) is 112 cm³/mol. The summed E-state index contributed by atoms with van der Waals surface area (Å²) in [7, 11) is 1.62. The van der Waals surface area contributed by atoms with Gasteiger partial charge in [-0.2, -0.15) is 0 Å². The number of hydrogen-bond acceptors (Lipinski definition) is 4. The molecule has 0 N–H and O–H groups in total. The molecule has 1 atom stereocenters. The number of carbonyl (C=O) groups is 2. The maximum atomic E-state index is 13.5. The van der Waals surface area contributed by atoms with Gasteiger partial charge in [0.15, 0.2) is 0 Å². The molecule has 6 nitrogen and oxygen atoms in total. The molecule has 29 heavy (non-hydrogen) atoms. The van der Waals surface area contributed by atoms with Crippen molar-refractivity contribution in [3.63, 3.8) is 0 Å². The summed E-state index contributed by atoms with van der Waals surface area (Å²) < 4.78 is 5.29. The quantitative estimate of drug-likeness (QED) is 0.687. The minimum atomic E-state index is -0.666. The van der Waals surface area contributed by atoms with Crippen LogP contribution in [-0.2, 0) is 11.3 Å². The van der Waals surface area contributed by atoms with E-state index in [9.17, 15) is 9.59 Å². The Kier molecular flexibility index (Phi) is 5.56. The first kappa shape index (κ1) is 20.2. The summed E-state index contributed by atoms with van der Waals surface area (Å²) >= 11 is 0. The van der Waals surface area contributed by atoms with Crippen LogP contribution in [0.1, 0.15) is 51.5 Å². The number of methoxy groups -OCH3 is 1. The fraction of sp³-hybridized carbons (Fsp3) is 0.652. The Labute approximate surface area is 173 Å². The third-order valence-electron chi connectivity index (χ3n) is 7.45. The SMILES string of the molecule is CCN1C(=O)N(Cc2cccc(OC)c2)C(=O)C12CCN([C@@H](C)C1CCC1)CC2. The average Bonchev–Trinajstić information content (AvgIpc) is 2.88. The summed E-state index contributed by atoms with van der Waals surface area (Å²) in [4.78, 5) is 32.5. The number of imide groups is 1. The molecule has 2 heterocycles. The maximum absolute atomic E-state index is 13.5. The monoisotopic (exact) mass is 399 g/mol. The third kappa shape index (κ3) is 3.41. The number of nitrogens with zero attached hydrogens (tertiary/aromatic N) is 3. The molecule has 2 saturated heterocycles. The number of amides is 3. The number of hydrogen-bond donors (Lipinski definition) is 0. The van der Waals surface area contributed by atoms with Crippen LogP contribution in [0, 0.1) is 5.92 Å². The number of ether oxygens (including phenoxy) is 1. The van der Waals surface area contributed by atoms with E-state index in [4.69, 9.17) is 4.74 Å². The minimum absolute atomic E-state index is 0.0249. The highest BCUT2D eigenvalue weighted by atomic mass is 16.5. The summed E-state index contributed by atoms with van der Waals surface area (Å²) in [5, 5.41) is 0. The van der Waals surface area contributed by atoms with Crippen LogP contribution in [0.25, 0.3) is 0 Å². The van der Waals surface area contributed by atoms with Gasteiger partial charge in [-0.15, -0.1) is 0 Å². The lowest BCUT2D eigenvalue weighted by Gasteiger charge is -2.46. The molecule has 1 aliphatic carbocycles. The summed E-state index contributed by atoms with van der Waals surface area (Å²) in [5.74, 6) is 1.52. The standard InChI is InChI=1S/C23H33N3O3/c1-4-26-22(28)25(16-18-7-5-10-20(15-18)29-3)21(27)23(26)11-13-24(14-12-23)17(2)19-8-6-9-19/h5,7,10,15,17,19H,4,6,8-9,11-14,16H2,1-3H3/t17-/m0/s1. The van der Waals surface area contributed by atoms with Gasteiger partial charge in [-0.3, -0.25) is 9.69 Å². The van der Waals surface area contributed by atoms with Gasteiger partial charge in [0.1, 0.15) is 11.3 Å². The number of likely N-dealkylation sites (tertiary alicyclic amines) is 1. The van der Waals surface area contributed by atoms with Gasteiger partial charge in [-0.1, -0.05) is 18.6 Å². The van der Waals surface area contributed by atoms with Gasteiger partial charge >= 0.3 is 6.03 Å². The van der Waals surface area contributed by atoms with Gasteiger partial charge in [0, 0.05) is 25.7 Å². The minimum Gasteiger partial charge on any atom is -0.497 e. The molecule has 0 aromatic heterocycles. The molecule has 6 heteroatoms. The first-order valence-electron chi connectivity index (χ1n) is 11.0. The zero-order chi connectivity index (χ0) is 20.6. The Morgan fingerprint density at radius 2 is 1.93 bits per heavy atom. The van der Waals surface area contributed by atoms with E-state index in [0.717, 1.165) is 43.2 Å². The summed E-state index contributed by atoms with van der Waals surface area (Å²) in [5.41, 5.74) is 0.246. The van der Waals surface area contributed by atoms with Crippen molar-refractivity contribution in [1.29, 1.82) is 0 Å². The van der Waals surface area contributed by atoms with E-state index in [0.29, 0.717) is 19.1 Å². The van der Waals surface area contributed by atoms with Crippen molar-refractivity contribution in [2.45, 2.75) is 64.1 Å². The lowest BCUT2D eigenvalue weighted by Crippen LogP contribution is -2.58. The highest BCUT2D eigenvalue weighted by molar-refractivity contribution is 6.07. The van der Waals surface area contributed by atoms with Crippen LogP contribution in [0.4, 0.5) is 4.79 Å². The van der Waals surface area contributed by atoms with E-state index in [-0.39, 0.29) is 11.9 Å². The van der Waals surface area contributed by atoms with Gasteiger partial charge in [-0.25, -0.2) is 4.79 Å². The van der Waals surface area contributed by atoms with E-state index < -0.39 is 5.54 Å². The predicted octanol–water partition coefficient (Wildman–Crippen LogP) is 3.50. The first-order chi connectivity index (χ1) is 14.0. The van der Waals surface area contributed by atoms with Crippen molar-refractivity contribution in [3.05, 3.63) is 29.8 Å². The Balaban J connectivity index is 1.50. The fourth-order valence-corrected chi connectivity index (χ4v) is 5.32. The normalized spacial score (nSPS) is 23.6. The summed E-state index contributed by atoms with van der Waals surface area (Å²) in [6, 6.07) is 8.03. The second kappa shape index (κ2) is 7.98. The van der Waals surface area contributed by atoms with Gasteiger partial charge in [0.05, 0.1) is 13.7 Å². The van der Waals surface area contributed by atoms with Crippen molar-refractivity contribution in [2.75, 3.05) is 26.7 Å². The Morgan fingerprint density at radius 3 is 2.52 bits per heavy atom. The molecular weight excluding hydrogens is 366 g/mol. The Bertz CT molecular complexity index is 768. The lowest BCUT2D eigenvalue weighted by atomic mass is 9.78. The van der Waals surface area contributed by atoms with Gasteiger partial charge in [0.25, 0.3) is 5.91 Å². The van der Waals surface area contributed by atoms with Crippen LogP contribution in [0.5, 0.6) is 5.75 Å².